The van der Waals surface area contributed by atoms with Crippen LogP contribution in [0.5, 0.6) is 11.5 Å². The fourth-order valence-corrected chi connectivity index (χ4v) is 5.95. The number of fused-ring (bicyclic) bond motifs is 5. The van der Waals surface area contributed by atoms with E-state index in [1.165, 1.54) is 19.3 Å². The van der Waals surface area contributed by atoms with Crippen molar-refractivity contribution in [2.45, 2.75) is 25.3 Å². The van der Waals surface area contributed by atoms with Gasteiger partial charge in [0.05, 0.1) is 14.2 Å². The lowest BCUT2D eigenvalue weighted by Crippen LogP contribution is -2.18. The first kappa shape index (κ1) is 13.9. The summed E-state index contributed by atoms with van der Waals surface area (Å²) >= 11 is 3.58. The van der Waals surface area contributed by atoms with Crippen molar-refractivity contribution >= 4 is 15.9 Å². The highest BCUT2D eigenvalue weighted by Gasteiger charge is 2.66. The molecule has 3 saturated carbocycles. The third kappa shape index (κ3) is 1.88. The van der Waals surface area contributed by atoms with Crippen LogP contribution in [0.2, 0.25) is 0 Å². The molecule has 0 radical (unpaired) electrons. The fourth-order valence-electron chi connectivity index (χ4n) is 5.26. The molecular formula is C17H22BrNO2. The Hall–Kier alpha value is -0.740. The van der Waals surface area contributed by atoms with E-state index in [4.69, 9.17) is 15.2 Å². The first-order valence-corrected chi connectivity index (χ1v) is 8.62. The highest BCUT2D eigenvalue weighted by atomic mass is 79.9. The molecule has 21 heavy (non-hydrogen) atoms. The van der Waals surface area contributed by atoms with Gasteiger partial charge in [0.25, 0.3) is 0 Å². The smallest absolute Gasteiger partial charge is 0.141 e. The zero-order chi connectivity index (χ0) is 14.7. The van der Waals surface area contributed by atoms with Crippen LogP contribution in [0, 0.1) is 29.6 Å². The van der Waals surface area contributed by atoms with Gasteiger partial charge in [-0.05, 0) is 76.9 Å². The molecule has 3 aliphatic carbocycles. The molecule has 5 atom stereocenters. The average Bonchev–Trinajstić information content (AvgIpc) is 2.93. The predicted octanol–water partition coefficient (Wildman–Crippen LogP) is 3.76. The molecule has 2 N–H and O–H groups in total. The van der Waals surface area contributed by atoms with Crippen LogP contribution < -0.4 is 15.2 Å². The van der Waals surface area contributed by atoms with E-state index in [0.29, 0.717) is 5.92 Å². The van der Waals surface area contributed by atoms with Crippen LogP contribution in [0.1, 0.15) is 30.9 Å². The minimum absolute atomic E-state index is 0.0838. The van der Waals surface area contributed by atoms with Gasteiger partial charge in [-0.2, -0.15) is 0 Å². The van der Waals surface area contributed by atoms with Crippen molar-refractivity contribution in [3.05, 3.63) is 22.2 Å². The van der Waals surface area contributed by atoms with Gasteiger partial charge in [0.2, 0.25) is 0 Å². The van der Waals surface area contributed by atoms with Crippen molar-refractivity contribution in [1.29, 1.82) is 0 Å². The molecule has 4 rings (SSSR count). The molecule has 0 saturated heterocycles. The molecule has 0 amide bonds. The molecule has 5 unspecified atom stereocenters. The second-order valence-corrected chi connectivity index (χ2v) is 7.59. The highest BCUT2D eigenvalue weighted by molar-refractivity contribution is 9.10. The van der Waals surface area contributed by atoms with E-state index in [0.717, 1.165) is 45.2 Å². The Morgan fingerprint density at radius 1 is 1.14 bits per heavy atom. The summed E-state index contributed by atoms with van der Waals surface area (Å²) in [6, 6.07) is 4.14. The summed E-state index contributed by atoms with van der Waals surface area (Å²) in [5.41, 5.74) is 7.75. The molecule has 3 aliphatic rings. The first-order chi connectivity index (χ1) is 10.2. The molecule has 4 heteroatoms. The Balaban J connectivity index is 1.64. The zero-order valence-electron chi connectivity index (χ0n) is 12.5. The normalized spacial score (nSPS) is 37.2. The summed E-state index contributed by atoms with van der Waals surface area (Å²) in [4.78, 5) is 0. The van der Waals surface area contributed by atoms with Crippen LogP contribution in [-0.4, -0.2) is 14.2 Å². The van der Waals surface area contributed by atoms with E-state index in [1.807, 2.05) is 6.07 Å². The zero-order valence-corrected chi connectivity index (χ0v) is 14.1. The van der Waals surface area contributed by atoms with Gasteiger partial charge >= 0.3 is 0 Å². The standard InChI is InChI=1S/C17H22BrNO2/c1-20-11-6-5-10(17(21-2)15(11)18)16(19)14-12-8-3-4-9(7-8)13(12)14/h5-6,8-9,12-14,16H,3-4,7,19H2,1-2H3. The number of hydrogen-bond acceptors (Lipinski definition) is 3. The Bertz CT molecular complexity index is 560. The van der Waals surface area contributed by atoms with Crippen molar-refractivity contribution in [3.8, 4) is 11.5 Å². The van der Waals surface area contributed by atoms with Gasteiger partial charge in [0, 0.05) is 11.6 Å². The molecule has 114 valence electrons. The Labute approximate surface area is 134 Å². The topological polar surface area (TPSA) is 44.5 Å². The second kappa shape index (κ2) is 4.88. The lowest BCUT2D eigenvalue weighted by molar-refractivity contribution is 0.371. The molecule has 3 fully saturated rings. The third-order valence-corrected chi connectivity index (χ3v) is 6.84. The Morgan fingerprint density at radius 2 is 1.81 bits per heavy atom. The minimum atomic E-state index is 0.0838. The van der Waals surface area contributed by atoms with E-state index in [9.17, 15) is 0 Å². The van der Waals surface area contributed by atoms with Gasteiger partial charge in [-0.3, -0.25) is 0 Å². The minimum Gasteiger partial charge on any atom is -0.495 e. The Morgan fingerprint density at radius 3 is 2.38 bits per heavy atom. The summed E-state index contributed by atoms with van der Waals surface area (Å²) in [6.45, 7) is 0. The average molecular weight is 352 g/mol. The maximum atomic E-state index is 6.64. The number of halogens is 1. The maximum absolute atomic E-state index is 6.64. The van der Waals surface area contributed by atoms with E-state index < -0.39 is 0 Å². The molecule has 1 aromatic rings. The van der Waals surface area contributed by atoms with Gasteiger partial charge in [-0.25, -0.2) is 0 Å². The largest absolute Gasteiger partial charge is 0.495 e. The van der Waals surface area contributed by atoms with Crippen LogP contribution in [0.15, 0.2) is 16.6 Å². The van der Waals surface area contributed by atoms with E-state index >= 15 is 0 Å². The summed E-state index contributed by atoms with van der Waals surface area (Å²) in [5.74, 6) is 5.93. The lowest BCUT2D eigenvalue weighted by Gasteiger charge is -2.21. The summed E-state index contributed by atoms with van der Waals surface area (Å²) in [7, 11) is 3.37. The summed E-state index contributed by atoms with van der Waals surface area (Å²) in [5, 5.41) is 0. The number of hydrogen-bond donors (Lipinski definition) is 1. The van der Waals surface area contributed by atoms with Gasteiger partial charge < -0.3 is 15.2 Å². The number of benzene rings is 1. The van der Waals surface area contributed by atoms with Crippen LogP contribution in [0.25, 0.3) is 0 Å². The molecule has 0 heterocycles. The van der Waals surface area contributed by atoms with Gasteiger partial charge in [-0.15, -0.1) is 0 Å². The second-order valence-electron chi connectivity index (χ2n) is 6.80. The van der Waals surface area contributed by atoms with E-state index in [-0.39, 0.29) is 6.04 Å². The SMILES string of the molecule is COc1ccc(C(N)C2C3C4CCC(C4)C32)c(OC)c1Br. The lowest BCUT2D eigenvalue weighted by atomic mass is 9.93. The van der Waals surface area contributed by atoms with Crippen molar-refractivity contribution in [2.75, 3.05) is 14.2 Å². The molecule has 3 nitrogen and oxygen atoms in total. The van der Waals surface area contributed by atoms with Gasteiger partial charge in [0.1, 0.15) is 16.0 Å². The van der Waals surface area contributed by atoms with Crippen LogP contribution in [0.3, 0.4) is 0 Å². The first-order valence-electron chi connectivity index (χ1n) is 7.83. The van der Waals surface area contributed by atoms with Gasteiger partial charge in [-0.1, -0.05) is 0 Å². The summed E-state index contributed by atoms with van der Waals surface area (Å²) in [6.07, 6.45) is 4.32. The molecule has 0 spiro atoms. The Kier molecular flexibility index (Phi) is 3.23. The maximum Gasteiger partial charge on any atom is 0.141 e. The number of ether oxygens (including phenoxy) is 2. The van der Waals surface area contributed by atoms with Crippen molar-refractivity contribution in [2.24, 2.45) is 35.3 Å². The molecule has 2 bridgehead atoms. The quantitative estimate of drug-likeness (QED) is 0.897. The van der Waals surface area contributed by atoms with E-state index in [1.54, 1.807) is 14.2 Å². The monoisotopic (exact) mass is 351 g/mol. The number of methoxy groups -OCH3 is 2. The highest BCUT2D eigenvalue weighted by Crippen LogP contribution is 2.72. The van der Waals surface area contributed by atoms with Crippen molar-refractivity contribution in [3.63, 3.8) is 0 Å². The predicted molar refractivity (Wildman–Crippen MR) is 85.5 cm³/mol. The van der Waals surface area contributed by atoms with Crippen LogP contribution in [-0.2, 0) is 0 Å². The number of nitrogens with two attached hydrogens (primary N) is 1. The number of rotatable bonds is 4. The molecule has 0 aromatic heterocycles. The summed E-state index contributed by atoms with van der Waals surface area (Å²) < 4.78 is 11.8. The van der Waals surface area contributed by atoms with Crippen molar-refractivity contribution < 1.29 is 9.47 Å². The molecule has 1 aromatic carbocycles. The molecular weight excluding hydrogens is 330 g/mol. The van der Waals surface area contributed by atoms with Crippen LogP contribution in [0.4, 0.5) is 0 Å². The fraction of sp³-hybridized carbons (Fsp3) is 0.647. The van der Waals surface area contributed by atoms with Crippen LogP contribution >= 0.6 is 15.9 Å². The van der Waals surface area contributed by atoms with E-state index in [2.05, 4.69) is 22.0 Å². The third-order valence-electron chi connectivity index (χ3n) is 6.08. The van der Waals surface area contributed by atoms with Gasteiger partial charge in [0.15, 0.2) is 0 Å². The van der Waals surface area contributed by atoms with Crippen molar-refractivity contribution in [1.82, 2.24) is 0 Å². The molecule has 0 aliphatic heterocycles.